The van der Waals surface area contributed by atoms with Crippen LogP contribution in [0, 0.1) is 0 Å². The summed E-state index contributed by atoms with van der Waals surface area (Å²) >= 11 is 0. The number of anilines is 2. The summed E-state index contributed by atoms with van der Waals surface area (Å²) in [5.74, 6) is 0.443. The number of nitrogens with one attached hydrogen (secondary N) is 2. The smallest absolute Gasteiger partial charge is 0.322 e. The first-order valence-corrected chi connectivity index (χ1v) is 10.5. The van der Waals surface area contributed by atoms with Gasteiger partial charge in [-0.1, -0.05) is 30.3 Å². The quantitative estimate of drug-likeness (QED) is 0.676. The van der Waals surface area contributed by atoms with Gasteiger partial charge in [0.2, 0.25) is 5.95 Å². The zero-order valence-corrected chi connectivity index (χ0v) is 17.6. The lowest BCUT2D eigenvalue weighted by Crippen LogP contribution is -2.54. The predicted octanol–water partition coefficient (Wildman–Crippen LogP) is 2.18. The van der Waals surface area contributed by atoms with E-state index in [2.05, 4.69) is 69.9 Å². The molecule has 0 atom stereocenters. The van der Waals surface area contributed by atoms with Crippen LogP contribution in [0.2, 0.25) is 0 Å². The van der Waals surface area contributed by atoms with Gasteiger partial charge in [-0.25, -0.2) is 14.8 Å². The maximum absolute atomic E-state index is 12.8. The van der Waals surface area contributed by atoms with E-state index < -0.39 is 0 Å². The molecule has 1 aliphatic carbocycles. The number of hydrogen-bond donors (Lipinski definition) is 3. The molecule has 8 nitrogen and oxygen atoms in total. The molecule has 0 unspecified atom stereocenters. The van der Waals surface area contributed by atoms with E-state index in [9.17, 15) is 4.79 Å². The van der Waals surface area contributed by atoms with E-state index in [1.165, 1.54) is 5.56 Å². The fraction of sp³-hybridized carbons (Fsp3) is 0.500. The van der Waals surface area contributed by atoms with Gasteiger partial charge in [-0.2, -0.15) is 0 Å². The summed E-state index contributed by atoms with van der Waals surface area (Å²) in [6.45, 7) is 1.03. The number of carbonyl (C=O) groups is 1. The zero-order valence-electron chi connectivity index (χ0n) is 17.6. The number of aromatic nitrogens is 2. The number of amides is 2. The summed E-state index contributed by atoms with van der Waals surface area (Å²) in [5, 5.41) is 15.1. The molecular weight excluding hydrogens is 380 g/mol. The Bertz CT molecular complexity index is 863. The molecule has 3 N–H and O–H groups in total. The van der Waals surface area contributed by atoms with E-state index in [0.717, 1.165) is 25.7 Å². The lowest BCUT2D eigenvalue weighted by Gasteiger charge is -2.48. The van der Waals surface area contributed by atoms with Crippen molar-refractivity contribution in [3.63, 3.8) is 0 Å². The molecule has 160 valence electrons. The molecule has 2 aromatic rings. The molecule has 1 saturated heterocycles. The summed E-state index contributed by atoms with van der Waals surface area (Å²) in [7, 11) is 4.29. The number of aliphatic hydroxyl groups excluding tert-OH is 1. The van der Waals surface area contributed by atoms with Crippen LogP contribution in [0.1, 0.15) is 31.2 Å². The minimum atomic E-state index is -0.223. The first-order chi connectivity index (χ1) is 14.5. The molecular formula is C22H30N6O2. The molecule has 1 aromatic heterocycles. The van der Waals surface area contributed by atoms with E-state index >= 15 is 0 Å². The Morgan fingerprint density at radius 2 is 1.80 bits per heavy atom. The van der Waals surface area contributed by atoms with Crippen molar-refractivity contribution in [3.05, 3.63) is 48.3 Å². The lowest BCUT2D eigenvalue weighted by atomic mass is 9.69. The van der Waals surface area contributed by atoms with Crippen molar-refractivity contribution in [3.8, 4) is 0 Å². The van der Waals surface area contributed by atoms with E-state index in [-0.39, 0.29) is 23.7 Å². The maximum Gasteiger partial charge on any atom is 0.322 e. The molecule has 1 saturated carbocycles. The van der Waals surface area contributed by atoms with Crippen LogP contribution < -0.4 is 15.5 Å². The lowest BCUT2D eigenvalue weighted by molar-refractivity contribution is 0.0658. The number of hydrogen-bond acceptors (Lipinski definition) is 6. The highest BCUT2D eigenvalue weighted by molar-refractivity contribution is 5.95. The van der Waals surface area contributed by atoms with Crippen molar-refractivity contribution >= 4 is 17.7 Å². The van der Waals surface area contributed by atoms with Crippen molar-refractivity contribution in [2.45, 2.75) is 36.8 Å². The van der Waals surface area contributed by atoms with Gasteiger partial charge in [-0.05, 0) is 45.3 Å². The van der Waals surface area contributed by atoms with Crippen molar-refractivity contribution in [2.75, 3.05) is 44.0 Å². The molecule has 2 heterocycles. The fourth-order valence-electron chi connectivity index (χ4n) is 4.80. The second-order valence-electron chi connectivity index (χ2n) is 8.50. The van der Waals surface area contributed by atoms with Crippen molar-refractivity contribution in [1.29, 1.82) is 0 Å². The van der Waals surface area contributed by atoms with Crippen LogP contribution >= 0.6 is 0 Å². The minimum absolute atomic E-state index is 0.00616. The number of carbonyl (C=O) groups excluding carboxylic acids is 1. The molecule has 8 heteroatoms. The van der Waals surface area contributed by atoms with Crippen LogP contribution in [0.15, 0.2) is 42.7 Å². The highest BCUT2D eigenvalue weighted by Gasteiger charge is 2.50. The first kappa shape index (κ1) is 20.6. The highest BCUT2D eigenvalue weighted by Crippen LogP contribution is 2.46. The van der Waals surface area contributed by atoms with Gasteiger partial charge in [-0.3, -0.25) is 9.80 Å². The largest absolute Gasteiger partial charge is 0.395 e. The Labute approximate surface area is 177 Å². The number of nitrogens with zero attached hydrogens (tertiary/aromatic N) is 4. The molecule has 1 aromatic carbocycles. The van der Waals surface area contributed by atoms with Crippen LogP contribution in [0.3, 0.4) is 0 Å². The molecule has 2 aliphatic rings. The number of benzene rings is 1. The van der Waals surface area contributed by atoms with Crippen molar-refractivity contribution < 1.29 is 9.90 Å². The van der Waals surface area contributed by atoms with E-state index in [0.29, 0.717) is 24.7 Å². The third kappa shape index (κ3) is 3.73. The molecule has 2 fully saturated rings. The molecule has 4 rings (SSSR count). The minimum Gasteiger partial charge on any atom is -0.395 e. The Morgan fingerprint density at radius 1 is 1.13 bits per heavy atom. The SMILES string of the molecule is CN(C)[C@]1(c2ccccc2)CC[C@]2(CC1)CN(c1cnc(NCCO)nc1)C(=O)N2. The third-order valence-corrected chi connectivity index (χ3v) is 6.62. The number of rotatable bonds is 6. The maximum atomic E-state index is 12.8. The van der Waals surface area contributed by atoms with Crippen LogP contribution in [-0.4, -0.2) is 65.3 Å². The van der Waals surface area contributed by atoms with Gasteiger partial charge in [0.25, 0.3) is 0 Å². The third-order valence-electron chi connectivity index (χ3n) is 6.62. The molecule has 1 aliphatic heterocycles. The van der Waals surface area contributed by atoms with Gasteiger partial charge in [0.1, 0.15) is 0 Å². The highest BCUT2D eigenvalue weighted by atomic mass is 16.3. The van der Waals surface area contributed by atoms with Gasteiger partial charge >= 0.3 is 6.03 Å². The standard InChI is InChI=1S/C22H30N6O2/c1-27(2)22(17-6-4-3-5-7-17)10-8-21(9-11-22)16-28(20(30)26-21)18-14-24-19(25-15-18)23-12-13-29/h3-7,14-15,29H,8-13,16H2,1-2H3,(H,26,30)(H,23,24,25)/t21-,22+. The molecule has 0 radical (unpaired) electrons. The van der Waals surface area contributed by atoms with Crippen LogP contribution in [-0.2, 0) is 5.54 Å². The van der Waals surface area contributed by atoms with E-state index in [1.54, 1.807) is 17.3 Å². The summed E-state index contributed by atoms with van der Waals surface area (Å²) in [5.41, 5.74) is 1.80. The topological polar surface area (TPSA) is 93.6 Å². The van der Waals surface area contributed by atoms with Crippen molar-refractivity contribution in [1.82, 2.24) is 20.2 Å². The first-order valence-electron chi connectivity index (χ1n) is 10.5. The van der Waals surface area contributed by atoms with Crippen LogP contribution in [0.4, 0.5) is 16.4 Å². The van der Waals surface area contributed by atoms with Gasteiger partial charge < -0.3 is 15.7 Å². The second kappa shape index (κ2) is 8.20. The Hall–Kier alpha value is -2.71. The molecule has 1 spiro atoms. The predicted molar refractivity (Wildman–Crippen MR) is 116 cm³/mol. The zero-order chi connectivity index (χ0) is 21.2. The fourth-order valence-corrected chi connectivity index (χ4v) is 4.80. The number of urea groups is 1. The average molecular weight is 411 g/mol. The summed E-state index contributed by atoms with van der Waals surface area (Å²) < 4.78 is 0. The Balaban J connectivity index is 1.48. The summed E-state index contributed by atoms with van der Waals surface area (Å²) in [4.78, 5) is 25.3. The second-order valence-corrected chi connectivity index (χ2v) is 8.50. The normalized spacial score (nSPS) is 26.3. The van der Waals surface area contributed by atoms with Crippen molar-refractivity contribution in [2.24, 2.45) is 0 Å². The van der Waals surface area contributed by atoms with Gasteiger partial charge in [0.05, 0.1) is 36.8 Å². The van der Waals surface area contributed by atoms with Gasteiger partial charge in [0.15, 0.2) is 0 Å². The van der Waals surface area contributed by atoms with Gasteiger partial charge in [0, 0.05) is 12.1 Å². The Morgan fingerprint density at radius 3 is 2.40 bits per heavy atom. The molecule has 30 heavy (non-hydrogen) atoms. The van der Waals surface area contributed by atoms with E-state index in [4.69, 9.17) is 5.11 Å². The van der Waals surface area contributed by atoms with Crippen LogP contribution in [0.25, 0.3) is 0 Å². The average Bonchev–Trinajstić information content (AvgIpc) is 3.09. The molecule has 0 bridgehead atoms. The van der Waals surface area contributed by atoms with Crippen LogP contribution in [0.5, 0.6) is 0 Å². The summed E-state index contributed by atoms with van der Waals surface area (Å²) in [6, 6.07) is 10.6. The Kier molecular flexibility index (Phi) is 5.62. The summed E-state index contributed by atoms with van der Waals surface area (Å²) in [6.07, 6.45) is 7.11. The monoisotopic (exact) mass is 410 g/mol. The van der Waals surface area contributed by atoms with E-state index in [1.807, 2.05) is 0 Å². The molecule has 2 amide bonds. The van der Waals surface area contributed by atoms with Gasteiger partial charge in [-0.15, -0.1) is 0 Å². The number of aliphatic hydroxyl groups is 1.